The number of nitrogens with one attached hydrogen (secondary N) is 1. The number of aryl methyl sites for hydroxylation is 2. The molecular weight excluding hydrogens is 1090 g/mol. The molecule has 0 unspecified atom stereocenters. The molecule has 83 heavy (non-hydrogen) atoms. The van der Waals surface area contributed by atoms with Crippen molar-refractivity contribution in [3.8, 4) is 56.5 Å². The quantitative estimate of drug-likeness (QED) is 0.123. The van der Waals surface area contributed by atoms with Gasteiger partial charge < -0.3 is 39.8 Å². The Morgan fingerprint density at radius 2 is 0.976 bits per heavy atom. The molecule has 0 radical (unpaired) electrons. The Morgan fingerprint density at radius 3 is 1.46 bits per heavy atom. The summed E-state index contributed by atoms with van der Waals surface area (Å²) in [5.74, 6) is -0.0875. The van der Waals surface area contributed by atoms with Gasteiger partial charge in [-0.3, -0.25) is 9.97 Å². The zero-order valence-electron chi connectivity index (χ0n) is 46.3. The van der Waals surface area contributed by atoms with Crippen LogP contribution in [0, 0.1) is 51.0 Å². The van der Waals surface area contributed by atoms with Crippen molar-refractivity contribution in [3.63, 3.8) is 0 Å². The monoisotopic (exact) mass is 1140 g/mol. The first kappa shape index (κ1) is 57.1. The minimum Gasteiger partial charge on any atom is -0.481 e. The van der Waals surface area contributed by atoms with Crippen LogP contribution in [0.1, 0.15) is 22.5 Å². The fourth-order valence-electron chi connectivity index (χ4n) is 9.57. The Hall–Kier alpha value is -9.11. The van der Waals surface area contributed by atoms with E-state index in [0.717, 1.165) is 94.8 Å². The number of aromatic nitrogens is 8. The molecule has 8 aromatic heterocycles. The predicted molar refractivity (Wildman–Crippen MR) is 316 cm³/mol. The van der Waals surface area contributed by atoms with E-state index in [2.05, 4.69) is 50.0 Å². The standard InChI is InChI=1S/C31H28F2N6O2.C16H11ClF2N2.C15H18N4O2/c1-18-4-5-21(16-34-18)30-19(2)31(29-24(33)12-22(32)13-26(29)38-30)37-25-14-27(39-8-10-41-11-9-39)35-17-23(25)20-6-7-28(40-3)36-15-20;1-8-3-4-10(7-20-8)16-9(2)15(17)14-12(19)5-11(18)6-13(14)21-16;1-20-15-3-2-11(9-18-15)12-10-17-14(8-13(12)16)19-4-6-21-7-5-19/h4-7,12-17H,8-11H2,1-3H3,(H,35,37,38);3-7H,1-2H3;2-3,8-10H,4-7H2,1H3,(H2,16,17). The average Bonchev–Trinajstić information content (AvgIpc) is 3.70. The van der Waals surface area contributed by atoms with Crippen LogP contribution >= 0.6 is 11.6 Å². The van der Waals surface area contributed by atoms with Crippen LogP contribution in [0.4, 0.5) is 46.3 Å². The van der Waals surface area contributed by atoms with Crippen LogP contribution in [0.2, 0.25) is 5.02 Å². The third kappa shape index (κ3) is 12.8. The zero-order valence-corrected chi connectivity index (χ0v) is 47.0. The molecule has 10 heterocycles. The molecule has 0 bridgehead atoms. The first-order valence-corrected chi connectivity index (χ1v) is 26.8. The minimum absolute atomic E-state index is 0.138. The van der Waals surface area contributed by atoms with Gasteiger partial charge in [0, 0.05) is 162 Å². The van der Waals surface area contributed by atoms with Crippen LogP contribution < -0.4 is 30.3 Å². The highest BCUT2D eigenvalue weighted by molar-refractivity contribution is 6.36. The van der Waals surface area contributed by atoms with Gasteiger partial charge >= 0.3 is 0 Å². The molecule has 16 nitrogen and oxygen atoms in total. The number of nitrogen functional groups attached to an aromatic ring is 1. The molecule has 0 aliphatic carbocycles. The third-order valence-corrected chi connectivity index (χ3v) is 14.5. The molecule has 0 spiro atoms. The normalized spacial score (nSPS) is 13.2. The Bertz CT molecular complexity index is 3950. The number of rotatable bonds is 10. The number of methoxy groups -OCH3 is 2. The predicted octanol–water partition coefficient (Wildman–Crippen LogP) is 12.7. The molecule has 2 aromatic carbocycles. The number of nitrogens with zero attached hydrogens (tertiary/aromatic N) is 10. The Balaban J connectivity index is 0.000000154. The van der Waals surface area contributed by atoms with Gasteiger partial charge in [0.1, 0.15) is 34.9 Å². The van der Waals surface area contributed by atoms with Crippen molar-refractivity contribution in [2.75, 3.05) is 87.7 Å². The number of hydrogen-bond acceptors (Lipinski definition) is 16. The van der Waals surface area contributed by atoms with Crippen LogP contribution in [0.3, 0.4) is 0 Å². The lowest BCUT2D eigenvalue weighted by atomic mass is 10.0. The third-order valence-electron chi connectivity index (χ3n) is 14.0. The van der Waals surface area contributed by atoms with Crippen molar-refractivity contribution in [3.05, 3.63) is 173 Å². The number of hydrogen-bond donors (Lipinski definition) is 2. The summed E-state index contributed by atoms with van der Waals surface area (Å²) in [6.07, 6.45) is 10.4. The molecule has 0 amide bonds. The van der Waals surface area contributed by atoms with Gasteiger partial charge in [-0.15, -0.1) is 0 Å². The van der Waals surface area contributed by atoms with E-state index in [4.69, 9.17) is 41.3 Å². The summed E-state index contributed by atoms with van der Waals surface area (Å²) in [7, 11) is 3.15. The molecule has 0 saturated carbocycles. The highest BCUT2D eigenvalue weighted by Gasteiger charge is 2.23. The van der Waals surface area contributed by atoms with Crippen molar-refractivity contribution >= 4 is 62.1 Å². The zero-order chi connectivity index (χ0) is 58.3. The van der Waals surface area contributed by atoms with Crippen LogP contribution in [-0.4, -0.2) is 107 Å². The summed E-state index contributed by atoms with van der Waals surface area (Å²) in [6.45, 7) is 13.1. The van der Waals surface area contributed by atoms with Gasteiger partial charge in [0.2, 0.25) is 11.8 Å². The summed E-state index contributed by atoms with van der Waals surface area (Å²) in [4.78, 5) is 39.8. The van der Waals surface area contributed by atoms with E-state index in [9.17, 15) is 13.2 Å². The van der Waals surface area contributed by atoms with Crippen molar-refractivity contribution in [2.45, 2.75) is 27.7 Å². The van der Waals surface area contributed by atoms with E-state index in [1.165, 1.54) is 12.1 Å². The minimum atomic E-state index is -0.709. The van der Waals surface area contributed by atoms with E-state index in [1.54, 1.807) is 64.4 Å². The van der Waals surface area contributed by atoms with Gasteiger partial charge in [-0.05, 0) is 75.2 Å². The number of pyridine rings is 8. The molecule has 2 saturated heterocycles. The topological polar surface area (TPSA) is 185 Å². The largest absolute Gasteiger partial charge is 0.481 e. The number of ether oxygens (including phenoxy) is 4. The molecule has 424 valence electrons. The smallest absolute Gasteiger partial charge is 0.212 e. The molecule has 3 N–H and O–H groups in total. The van der Waals surface area contributed by atoms with Crippen molar-refractivity contribution in [1.29, 1.82) is 0 Å². The Labute approximate surface area is 481 Å². The maximum Gasteiger partial charge on any atom is 0.212 e. The van der Waals surface area contributed by atoms with E-state index in [-0.39, 0.29) is 26.8 Å². The summed E-state index contributed by atoms with van der Waals surface area (Å²) in [5, 5.41) is 4.07. The molecule has 2 aliphatic heterocycles. The van der Waals surface area contributed by atoms with E-state index in [1.807, 2.05) is 75.4 Å². The van der Waals surface area contributed by atoms with Crippen LogP contribution in [0.25, 0.3) is 66.6 Å². The van der Waals surface area contributed by atoms with Crippen molar-refractivity contribution < 1.29 is 36.5 Å². The number of morpholine rings is 2. The molecular formula is C62H57ClF4N12O4. The lowest BCUT2D eigenvalue weighted by molar-refractivity contribution is 0.122. The second-order valence-corrected chi connectivity index (χ2v) is 19.9. The molecule has 2 fully saturated rings. The van der Waals surface area contributed by atoms with Crippen LogP contribution in [0.5, 0.6) is 11.8 Å². The second-order valence-electron chi connectivity index (χ2n) is 19.5. The first-order chi connectivity index (χ1) is 40.2. The van der Waals surface area contributed by atoms with Gasteiger partial charge in [-0.1, -0.05) is 11.6 Å². The van der Waals surface area contributed by atoms with E-state index in [0.29, 0.717) is 77.6 Å². The van der Waals surface area contributed by atoms with Gasteiger partial charge in [-0.2, -0.15) is 0 Å². The summed E-state index contributed by atoms with van der Waals surface area (Å²) in [6, 6.07) is 22.8. The van der Waals surface area contributed by atoms with Crippen LogP contribution in [-0.2, 0) is 9.47 Å². The second kappa shape index (κ2) is 25.4. The fraction of sp³-hybridized carbons (Fsp3) is 0.226. The summed E-state index contributed by atoms with van der Waals surface area (Å²) < 4.78 is 78.3. The summed E-state index contributed by atoms with van der Waals surface area (Å²) >= 11 is 6.25. The van der Waals surface area contributed by atoms with Crippen molar-refractivity contribution in [1.82, 2.24) is 39.9 Å². The highest BCUT2D eigenvalue weighted by Crippen LogP contribution is 2.41. The molecule has 12 rings (SSSR count). The number of anilines is 5. The number of nitrogens with two attached hydrogens (primary N) is 1. The SMILES string of the molecule is COc1ccc(-c2cnc(N3CCOCC3)cc2N)cn1.COc1ccc(-c2cnc(N3CCOCC3)cc2Nc2c(C)c(-c3ccc(C)nc3)nc3cc(F)cc(F)c23)cn1.Cc1ccc(-c2nc3cc(F)cc(F)c3c(Cl)c2C)cn1. The summed E-state index contributed by atoms with van der Waals surface area (Å²) in [5.41, 5.74) is 17.5. The fourth-order valence-corrected chi connectivity index (χ4v) is 9.84. The average molecular weight is 1150 g/mol. The van der Waals surface area contributed by atoms with Gasteiger partial charge in [0.25, 0.3) is 0 Å². The first-order valence-electron chi connectivity index (χ1n) is 26.4. The number of benzene rings is 2. The van der Waals surface area contributed by atoms with Crippen molar-refractivity contribution in [2.24, 2.45) is 0 Å². The molecule has 21 heteroatoms. The number of fused-ring (bicyclic) bond motifs is 2. The van der Waals surface area contributed by atoms with Gasteiger partial charge in [0.15, 0.2) is 0 Å². The maximum atomic E-state index is 15.5. The Kier molecular flexibility index (Phi) is 17.5. The van der Waals surface area contributed by atoms with E-state index < -0.39 is 23.3 Å². The van der Waals surface area contributed by atoms with Gasteiger partial charge in [-0.25, -0.2) is 47.5 Å². The number of halogens is 5. The Morgan fingerprint density at radius 1 is 0.518 bits per heavy atom. The highest BCUT2D eigenvalue weighted by atomic mass is 35.5. The van der Waals surface area contributed by atoms with Crippen LogP contribution in [0.15, 0.2) is 122 Å². The molecule has 0 atom stereocenters. The lowest BCUT2D eigenvalue weighted by Gasteiger charge is -2.28. The molecule has 10 aromatic rings. The van der Waals surface area contributed by atoms with Gasteiger partial charge in [0.05, 0.1) is 90.2 Å². The molecule has 2 aliphatic rings. The van der Waals surface area contributed by atoms with E-state index >= 15 is 4.39 Å². The maximum absolute atomic E-state index is 15.5. The lowest BCUT2D eigenvalue weighted by Crippen LogP contribution is -2.36.